The van der Waals surface area contributed by atoms with Crippen LogP contribution in [0.15, 0.2) is 12.4 Å². The average Bonchev–Trinajstić information content (AvgIpc) is 2.74. The van der Waals surface area contributed by atoms with Crippen molar-refractivity contribution in [3.8, 4) is 0 Å². The molecule has 4 nitrogen and oxygen atoms in total. The smallest absolute Gasteiger partial charge is 0.238 e. The molecular formula is C9H10ClN3OS. The van der Waals surface area contributed by atoms with Crippen molar-refractivity contribution in [1.82, 2.24) is 9.97 Å². The van der Waals surface area contributed by atoms with E-state index in [1.807, 2.05) is 0 Å². The van der Waals surface area contributed by atoms with Crippen molar-refractivity contribution in [2.45, 2.75) is 18.1 Å². The van der Waals surface area contributed by atoms with Gasteiger partial charge in [-0.2, -0.15) is 0 Å². The summed E-state index contributed by atoms with van der Waals surface area (Å²) in [6, 6.07) is 0. The van der Waals surface area contributed by atoms with Crippen LogP contribution in [0, 0.1) is 0 Å². The molecule has 2 rings (SSSR count). The topological polar surface area (TPSA) is 54.9 Å². The Balaban J connectivity index is 1.96. The van der Waals surface area contributed by atoms with E-state index in [0.29, 0.717) is 11.0 Å². The van der Waals surface area contributed by atoms with Crippen LogP contribution in [0.25, 0.3) is 0 Å². The molecule has 1 aromatic rings. The molecule has 1 aliphatic heterocycles. The summed E-state index contributed by atoms with van der Waals surface area (Å²) in [4.78, 5) is 19.5. The first-order valence-corrected chi connectivity index (χ1v) is 6.08. The van der Waals surface area contributed by atoms with Crippen LogP contribution in [0.4, 0.5) is 5.82 Å². The predicted octanol–water partition coefficient (Wildman–Crippen LogP) is 1.96. The molecule has 1 fully saturated rings. The number of rotatable bonds is 2. The quantitative estimate of drug-likeness (QED) is 0.863. The predicted molar refractivity (Wildman–Crippen MR) is 61.2 cm³/mol. The largest absolute Gasteiger partial charge is 0.308 e. The molecule has 1 unspecified atom stereocenters. The van der Waals surface area contributed by atoms with Gasteiger partial charge in [0.15, 0.2) is 5.82 Å². The molecule has 1 atom stereocenters. The number of carbonyl (C=O) groups is 1. The summed E-state index contributed by atoms with van der Waals surface area (Å²) in [7, 11) is 0. The third kappa shape index (κ3) is 2.82. The van der Waals surface area contributed by atoms with Gasteiger partial charge in [0.2, 0.25) is 5.91 Å². The Kier molecular flexibility index (Phi) is 3.43. The zero-order valence-corrected chi connectivity index (χ0v) is 9.51. The summed E-state index contributed by atoms with van der Waals surface area (Å²) in [6.07, 6.45) is 4.92. The van der Waals surface area contributed by atoms with E-state index >= 15 is 0 Å². The summed E-state index contributed by atoms with van der Waals surface area (Å²) in [5.74, 6) is 1.52. The molecule has 0 aromatic carbocycles. The van der Waals surface area contributed by atoms with Crippen LogP contribution in [0.2, 0.25) is 5.15 Å². The fourth-order valence-corrected chi connectivity index (χ4v) is 2.63. The molecular weight excluding hydrogens is 234 g/mol. The van der Waals surface area contributed by atoms with Crippen LogP contribution in [0.3, 0.4) is 0 Å². The molecule has 1 aliphatic rings. The summed E-state index contributed by atoms with van der Waals surface area (Å²) in [5.41, 5.74) is 0. The van der Waals surface area contributed by atoms with Crippen LogP contribution >= 0.6 is 23.4 Å². The van der Waals surface area contributed by atoms with Crippen LogP contribution in [0.1, 0.15) is 12.8 Å². The van der Waals surface area contributed by atoms with E-state index < -0.39 is 0 Å². The minimum Gasteiger partial charge on any atom is -0.308 e. The highest BCUT2D eigenvalue weighted by atomic mass is 35.5. The van der Waals surface area contributed by atoms with Crippen molar-refractivity contribution in [2.75, 3.05) is 11.1 Å². The first kappa shape index (κ1) is 10.7. The molecule has 80 valence electrons. The number of aromatic nitrogens is 2. The molecule has 1 N–H and O–H groups in total. The lowest BCUT2D eigenvalue weighted by Gasteiger charge is -2.08. The van der Waals surface area contributed by atoms with Gasteiger partial charge in [-0.3, -0.25) is 4.79 Å². The van der Waals surface area contributed by atoms with Gasteiger partial charge < -0.3 is 5.32 Å². The molecule has 0 saturated carbocycles. The minimum atomic E-state index is 0.00845. The van der Waals surface area contributed by atoms with E-state index in [4.69, 9.17) is 11.6 Å². The lowest BCUT2D eigenvalue weighted by molar-refractivity contribution is -0.115. The van der Waals surface area contributed by atoms with Gasteiger partial charge in [0.25, 0.3) is 0 Å². The third-order valence-corrected chi connectivity index (χ3v) is 3.67. The van der Waals surface area contributed by atoms with E-state index in [2.05, 4.69) is 15.3 Å². The summed E-state index contributed by atoms with van der Waals surface area (Å²) in [5, 5.41) is 3.10. The molecule has 0 aliphatic carbocycles. The zero-order chi connectivity index (χ0) is 10.7. The Morgan fingerprint density at radius 1 is 1.53 bits per heavy atom. The summed E-state index contributed by atoms with van der Waals surface area (Å²) in [6.45, 7) is 0. The van der Waals surface area contributed by atoms with Crippen molar-refractivity contribution in [1.29, 1.82) is 0 Å². The Morgan fingerprint density at radius 3 is 3.00 bits per heavy atom. The maximum absolute atomic E-state index is 11.7. The first-order valence-electron chi connectivity index (χ1n) is 4.66. The second kappa shape index (κ2) is 4.81. The van der Waals surface area contributed by atoms with Crippen molar-refractivity contribution < 1.29 is 4.79 Å². The zero-order valence-electron chi connectivity index (χ0n) is 7.94. The monoisotopic (exact) mass is 243 g/mol. The van der Waals surface area contributed by atoms with Gasteiger partial charge in [-0.05, 0) is 18.6 Å². The minimum absolute atomic E-state index is 0.00845. The van der Waals surface area contributed by atoms with Gasteiger partial charge in [0, 0.05) is 0 Å². The molecule has 0 spiro atoms. The number of hydrogen-bond acceptors (Lipinski definition) is 4. The van der Waals surface area contributed by atoms with Gasteiger partial charge in [-0.25, -0.2) is 9.97 Å². The highest BCUT2D eigenvalue weighted by Gasteiger charge is 2.23. The molecule has 0 bridgehead atoms. The normalized spacial score (nSPS) is 20.2. The van der Waals surface area contributed by atoms with Crippen molar-refractivity contribution >= 4 is 35.1 Å². The van der Waals surface area contributed by atoms with Gasteiger partial charge in [0.05, 0.1) is 17.6 Å². The summed E-state index contributed by atoms with van der Waals surface area (Å²) < 4.78 is 0. The molecule has 1 saturated heterocycles. The second-order valence-corrected chi connectivity index (χ2v) is 4.91. The Hall–Kier alpha value is -0.810. The lowest BCUT2D eigenvalue weighted by atomic mass is 10.2. The van der Waals surface area contributed by atoms with Crippen molar-refractivity contribution in [3.05, 3.63) is 17.5 Å². The number of carbonyl (C=O) groups excluding carboxylic acids is 1. The number of hydrogen-bond donors (Lipinski definition) is 1. The molecule has 2 heterocycles. The Morgan fingerprint density at radius 2 is 2.40 bits per heavy atom. The fraction of sp³-hybridized carbons (Fsp3) is 0.444. The van der Waals surface area contributed by atoms with Crippen molar-refractivity contribution in [3.63, 3.8) is 0 Å². The van der Waals surface area contributed by atoms with Crippen LogP contribution in [-0.4, -0.2) is 26.9 Å². The maximum atomic E-state index is 11.7. The van der Waals surface area contributed by atoms with Gasteiger partial charge in [-0.1, -0.05) is 11.6 Å². The molecule has 15 heavy (non-hydrogen) atoms. The van der Waals surface area contributed by atoms with Gasteiger partial charge in [0.1, 0.15) is 5.15 Å². The maximum Gasteiger partial charge on any atom is 0.238 e. The van der Waals surface area contributed by atoms with Crippen LogP contribution < -0.4 is 5.32 Å². The number of anilines is 1. The first-order chi connectivity index (χ1) is 7.25. The number of nitrogens with one attached hydrogen (secondary N) is 1. The van der Waals surface area contributed by atoms with Crippen LogP contribution in [0.5, 0.6) is 0 Å². The highest BCUT2D eigenvalue weighted by molar-refractivity contribution is 8.00. The molecule has 6 heteroatoms. The standard InChI is InChI=1S/C9H10ClN3OS/c10-7-4-12-8(5-11-7)13-9(14)6-2-1-3-15-6/h4-6H,1-3H2,(H,12,13,14). The second-order valence-electron chi connectivity index (χ2n) is 3.22. The van der Waals surface area contributed by atoms with Crippen LogP contribution in [-0.2, 0) is 4.79 Å². The average molecular weight is 244 g/mol. The van der Waals surface area contributed by atoms with Crippen molar-refractivity contribution in [2.24, 2.45) is 0 Å². The summed E-state index contributed by atoms with van der Waals surface area (Å²) >= 11 is 7.27. The van der Waals surface area contributed by atoms with E-state index in [-0.39, 0.29) is 11.2 Å². The molecule has 0 radical (unpaired) electrons. The third-order valence-electron chi connectivity index (χ3n) is 2.09. The SMILES string of the molecule is O=C(Nc1cnc(Cl)cn1)C1CCCS1. The number of halogens is 1. The van der Waals surface area contributed by atoms with E-state index in [1.54, 1.807) is 11.8 Å². The Labute approximate surface area is 96.8 Å². The lowest BCUT2D eigenvalue weighted by Crippen LogP contribution is -2.23. The van der Waals surface area contributed by atoms with E-state index in [0.717, 1.165) is 18.6 Å². The van der Waals surface area contributed by atoms with Gasteiger partial charge >= 0.3 is 0 Å². The molecule has 1 aromatic heterocycles. The number of amides is 1. The van der Waals surface area contributed by atoms with E-state index in [1.165, 1.54) is 12.4 Å². The highest BCUT2D eigenvalue weighted by Crippen LogP contribution is 2.26. The fourth-order valence-electron chi connectivity index (χ4n) is 1.37. The number of thioether (sulfide) groups is 1. The molecule has 1 amide bonds. The van der Waals surface area contributed by atoms with Gasteiger partial charge in [-0.15, -0.1) is 11.8 Å². The Bertz CT molecular complexity index is 351. The van der Waals surface area contributed by atoms with E-state index in [9.17, 15) is 4.79 Å². The number of nitrogens with zero attached hydrogens (tertiary/aromatic N) is 2.